The summed E-state index contributed by atoms with van der Waals surface area (Å²) in [5, 5.41) is 13.1. The van der Waals surface area contributed by atoms with Crippen molar-refractivity contribution in [3.8, 4) is 5.75 Å². The number of amides is 2. The van der Waals surface area contributed by atoms with Gasteiger partial charge in [0.15, 0.2) is 0 Å². The Kier molecular flexibility index (Phi) is 5.49. The Morgan fingerprint density at radius 1 is 1.17 bits per heavy atom. The third-order valence-corrected chi connectivity index (χ3v) is 4.75. The molecule has 3 aromatic rings. The van der Waals surface area contributed by atoms with Crippen molar-refractivity contribution in [2.45, 2.75) is 19.6 Å². The third-order valence-electron chi connectivity index (χ3n) is 4.75. The lowest BCUT2D eigenvalue weighted by molar-refractivity contribution is 0.196. The zero-order valence-electron chi connectivity index (χ0n) is 16.8. The fourth-order valence-corrected chi connectivity index (χ4v) is 3.32. The third kappa shape index (κ3) is 4.04. The average molecular weight is 405 g/mol. The normalized spacial score (nSPS) is 14.3. The Labute approximate surface area is 174 Å². The molecule has 0 unspecified atom stereocenters. The number of ether oxygens (including phenoxy) is 1. The Bertz CT molecular complexity index is 1020. The van der Waals surface area contributed by atoms with Gasteiger partial charge < -0.3 is 15.2 Å². The molecule has 2 N–H and O–H groups in total. The summed E-state index contributed by atoms with van der Waals surface area (Å²) in [5.74, 6) is 1.60. The van der Waals surface area contributed by atoms with Gasteiger partial charge in [0.05, 0.1) is 26.3 Å². The number of para-hydroxylation sites is 1. The van der Waals surface area contributed by atoms with Crippen LogP contribution in [0.1, 0.15) is 12.5 Å². The maximum absolute atomic E-state index is 13.3. The van der Waals surface area contributed by atoms with E-state index in [-0.39, 0.29) is 12.6 Å². The van der Waals surface area contributed by atoms with Gasteiger partial charge in [-0.05, 0) is 43.3 Å². The second-order valence-electron chi connectivity index (χ2n) is 7.06. The van der Waals surface area contributed by atoms with Crippen LogP contribution in [0, 0.1) is 0 Å². The van der Waals surface area contributed by atoms with Crippen molar-refractivity contribution < 1.29 is 14.6 Å². The maximum atomic E-state index is 13.3. The molecule has 0 aliphatic carbocycles. The largest absolute Gasteiger partial charge is 0.497 e. The van der Waals surface area contributed by atoms with E-state index < -0.39 is 6.10 Å². The number of benzene rings is 2. The number of nitrogens with zero attached hydrogens (tertiary/aromatic N) is 4. The number of carbonyl (C=O) groups is 1. The fraction of sp³-hybridized carbons (Fsp3) is 0.227. The number of β-amino-alcohol motifs (C(OH)–C–C–N with tert-alkyl or cyclic N) is 1. The van der Waals surface area contributed by atoms with E-state index in [1.165, 1.54) is 4.90 Å². The van der Waals surface area contributed by atoms with Crippen LogP contribution in [0.15, 0.2) is 60.8 Å². The van der Waals surface area contributed by atoms with Crippen LogP contribution in [0.4, 0.5) is 27.9 Å². The first-order chi connectivity index (χ1) is 14.5. The van der Waals surface area contributed by atoms with Gasteiger partial charge in [-0.15, -0.1) is 0 Å². The predicted octanol–water partition coefficient (Wildman–Crippen LogP) is 3.56. The number of urea groups is 1. The van der Waals surface area contributed by atoms with E-state index in [1.807, 2.05) is 42.5 Å². The quantitative estimate of drug-likeness (QED) is 0.652. The Morgan fingerprint density at radius 2 is 1.90 bits per heavy atom. The molecule has 0 saturated heterocycles. The zero-order valence-corrected chi connectivity index (χ0v) is 16.8. The van der Waals surface area contributed by atoms with E-state index >= 15 is 0 Å². The van der Waals surface area contributed by atoms with Crippen LogP contribution in [0.5, 0.6) is 5.75 Å². The second kappa shape index (κ2) is 8.38. The van der Waals surface area contributed by atoms with Crippen LogP contribution in [-0.4, -0.2) is 40.9 Å². The highest BCUT2D eigenvalue weighted by Gasteiger charge is 2.33. The number of methoxy groups -OCH3 is 1. The highest BCUT2D eigenvalue weighted by molar-refractivity contribution is 6.05. The molecule has 0 spiro atoms. The molecule has 154 valence electrons. The number of hydrogen-bond donors (Lipinski definition) is 2. The molecule has 2 heterocycles. The number of aliphatic hydroxyl groups is 1. The van der Waals surface area contributed by atoms with E-state index in [4.69, 9.17) is 4.74 Å². The minimum atomic E-state index is -0.710. The van der Waals surface area contributed by atoms with Crippen LogP contribution >= 0.6 is 0 Å². The van der Waals surface area contributed by atoms with Gasteiger partial charge in [0.1, 0.15) is 11.6 Å². The molecule has 30 heavy (non-hydrogen) atoms. The summed E-state index contributed by atoms with van der Waals surface area (Å²) in [6.07, 6.45) is 1.00. The van der Waals surface area contributed by atoms with Crippen molar-refractivity contribution in [2.24, 2.45) is 0 Å². The molecule has 1 aromatic heterocycles. The monoisotopic (exact) mass is 405 g/mol. The molecule has 0 radical (unpaired) electrons. The molecule has 1 atom stereocenters. The Balaban J connectivity index is 1.68. The van der Waals surface area contributed by atoms with E-state index in [0.29, 0.717) is 24.1 Å². The molecule has 2 amide bonds. The first-order valence-electron chi connectivity index (χ1n) is 9.64. The number of aromatic nitrogens is 2. The SMILES string of the molecule is COc1ccc(N2Cc3cnc(Nc4ccccc4)nc3N(C[C@H](C)O)C2=O)cc1. The highest BCUT2D eigenvalue weighted by Crippen LogP contribution is 2.32. The molecule has 0 bridgehead atoms. The van der Waals surface area contributed by atoms with Crippen LogP contribution in [-0.2, 0) is 6.54 Å². The molecule has 4 rings (SSSR count). The van der Waals surface area contributed by atoms with E-state index in [2.05, 4.69) is 15.3 Å². The van der Waals surface area contributed by atoms with Gasteiger partial charge in [-0.2, -0.15) is 4.98 Å². The number of hydrogen-bond acceptors (Lipinski definition) is 6. The summed E-state index contributed by atoms with van der Waals surface area (Å²) < 4.78 is 5.20. The van der Waals surface area contributed by atoms with E-state index in [1.54, 1.807) is 37.3 Å². The molecular weight excluding hydrogens is 382 g/mol. The Hall–Kier alpha value is -3.65. The van der Waals surface area contributed by atoms with Crippen molar-refractivity contribution in [1.82, 2.24) is 9.97 Å². The zero-order chi connectivity index (χ0) is 21.1. The fourth-order valence-electron chi connectivity index (χ4n) is 3.32. The van der Waals surface area contributed by atoms with Crippen LogP contribution in [0.3, 0.4) is 0 Å². The molecule has 8 nitrogen and oxygen atoms in total. The van der Waals surface area contributed by atoms with Crippen molar-refractivity contribution in [2.75, 3.05) is 28.8 Å². The van der Waals surface area contributed by atoms with E-state index in [0.717, 1.165) is 16.9 Å². The molecule has 2 aromatic carbocycles. The lowest BCUT2D eigenvalue weighted by atomic mass is 10.1. The van der Waals surface area contributed by atoms with Crippen LogP contribution in [0.25, 0.3) is 0 Å². The first kappa shape index (κ1) is 19.7. The molecule has 1 aliphatic rings. The van der Waals surface area contributed by atoms with Gasteiger partial charge in [0, 0.05) is 23.1 Å². The molecular formula is C22H23N5O3. The van der Waals surface area contributed by atoms with Gasteiger partial charge in [0.2, 0.25) is 5.95 Å². The number of nitrogens with one attached hydrogen (secondary N) is 1. The van der Waals surface area contributed by atoms with Crippen molar-refractivity contribution in [3.63, 3.8) is 0 Å². The van der Waals surface area contributed by atoms with Crippen LogP contribution in [0.2, 0.25) is 0 Å². The average Bonchev–Trinajstić information content (AvgIpc) is 2.76. The smallest absolute Gasteiger partial charge is 0.330 e. The minimum Gasteiger partial charge on any atom is -0.497 e. The maximum Gasteiger partial charge on any atom is 0.330 e. The lowest BCUT2D eigenvalue weighted by Gasteiger charge is -2.36. The summed E-state index contributed by atoms with van der Waals surface area (Å²) in [7, 11) is 1.60. The summed E-state index contributed by atoms with van der Waals surface area (Å²) in [4.78, 5) is 25.4. The number of rotatable bonds is 6. The Morgan fingerprint density at radius 3 is 2.57 bits per heavy atom. The van der Waals surface area contributed by atoms with Crippen molar-refractivity contribution in [1.29, 1.82) is 0 Å². The van der Waals surface area contributed by atoms with Gasteiger partial charge in [-0.1, -0.05) is 18.2 Å². The minimum absolute atomic E-state index is 0.125. The molecule has 0 fully saturated rings. The summed E-state index contributed by atoms with van der Waals surface area (Å²) >= 11 is 0. The topological polar surface area (TPSA) is 90.8 Å². The second-order valence-corrected chi connectivity index (χ2v) is 7.06. The van der Waals surface area contributed by atoms with Crippen molar-refractivity contribution in [3.05, 3.63) is 66.4 Å². The van der Waals surface area contributed by atoms with Crippen molar-refractivity contribution >= 4 is 29.2 Å². The van der Waals surface area contributed by atoms with Gasteiger partial charge >= 0.3 is 6.03 Å². The number of carbonyl (C=O) groups excluding carboxylic acids is 1. The molecule has 8 heteroatoms. The molecule has 1 aliphatic heterocycles. The standard InChI is InChI=1S/C22H23N5O3/c1-15(28)13-27-20-16(12-23-21(25-20)24-17-6-4-3-5-7-17)14-26(22(27)29)18-8-10-19(30-2)11-9-18/h3-12,15,28H,13-14H2,1-2H3,(H,23,24,25)/t15-/m0/s1. The first-order valence-corrected chi connectivity index (χ1v) is 9.64. The predicted molar refractivity (Wildman–Crippen MR) is 115 cm³/mol. The lowest BCUT2D eigenvalue weighted by Crippen LogP contribution is -2.50. The number of fused-ring (bicyclic) bond motifs is 1. The summed E-state index contributed by atoms with van der Waals surface area (Å²) in [5.41, 5.74) is 2.37. The van der Waals surface area contributed by atoms with Gasteiger partial charge in [-0.3, -0.25) is 9.80 Å². The van der Waals surface area contributed by atoms with E-state index in [9.17, 15) is 9.90 Å². The number of aliphatic hydroxyl groups excluding tert-OH is 1. The molecule has 0 saturated carbocycles. The summed E-state index contributed by atoms with van der Waals surface area (Å²) in [6, 6.07) is 16.6. The van der Waals surface area contributed by atoms with Gasteiger partial charge in [0.25, 0.3) is 0 Å². The number of anilines is 4. The highest BCUT2D eigenvalue weighted by atomic mass is 16.5. The summed E-state index contributed by atoms with van der Waals surface area (Å²) in [6.45, 7) is 2.10. The van der Waals surface area contributed by atoms with Gasteiger partial charge in [-0.25, -0.2) is 9.78 Å². The van der Waals surface area contributed by atoms with Crippen LogP contribution < -0.4 is 19.9 Å².